The summed E-state index contributed by atoms with van der Waals surface area (Å²) in [5.74, 6) is 0.460. The Kier molecular flexibility index (Phi) is 2.42. The maximum Gasteiger partial charge on any atom is 0.131 e. The van der Waals surface area contributed by atoms with Gasteiger partial charge in [0.2, 0.25) is 0 Å². The predicted molar refractivity (Wildman–Crippen MR) is 60.5 cm³/mol. The molecule has 0 aromatic heterocycles. The fraction of sp³-hybridized carbons (Fsp3) is 0.0769. The van der Waals surface area contributed by atoms with Crippen LogP contribution in [-0.2, 0) is 0 Å². The van der Waals surface area contributed by atoms with E-state index < -0.39 is 0 Å². The lowest BCUT2D eigenvalue weighted by Crippen LogP contribution is -1.87. The molecule has 1 nitrogen and oxygen atoms in total. The Labute approximate surface area is 87.8 Å². The predicted octanol–water partition coefficient (Wildman–Crippen LogP) is 3.63. The molecule has 0 aliphatic heterocycles. The summed E-state index contributed by atoms with van der Waals surface area (Å²) in [6.45, 7) is 3.62. The lowest BCUT2D eigenvalue weighted by Gasteiger charge is -2.06. The van der Waals surface area contributed by atoms with Gasteiger partial charge in [0.25, 0.3) is 0 Å². The van der Waals surface area contributed by atoms with E-state index in [-0.39, 0.29) is 5.82 Å². The van der Waals surface area contributed by atoms with Crippen molar-refractivity contribution in [1.82, 2.24) is 0 Å². The highest BCUT2D eigenvalue weighted by molar-refractivity contribution is 5.91. The molecule has 0 fully saturated rings. The Bertz CT molecular complexity index is 517. The van der Waals surface area contributed by atoms with Gasteiger partial charge in [-0.25, -0.2) is 4.39 Å². The molecule has 2 heteroatoms. The Morgan fingerprint density at radius 2 is 2.00 bits per heavy atom. The van der Waals surface area contributed by atoms with Crippen molar-refractivity contribution in [3.63, 3.8) is 0 Å². The fourth-order valence-electron chi connectivity index (χ4n) is 1.63. The van der Waals surface area contributed by atoms with E-state index >= 15 is 0 Å². The highest BCUT2D eigenvalue weighted by Gasteiger charge is 2.05. The fourth-order valence-corrected chi connectivity index (χ4v) is 1.63. The minimum atomic E-state index is -0.259. The molecule has 2 aromatic carbocycles. The van der Waals surface area contributed by atoms with Crippen molar-refractivity contribution in [1.29, 1.82) is 0 Å². The molecule has 2 rings (SSSR count). The van der Waals surface area contributed by atoms with Crippen molar-refractivity contribution >= 4 is 16.8 Å². The van der Waals surface area contributed by atoms with Crippen molar-refractivity contribution in [3.05, 3.63) is 48.3 Å². The molecule has 0 spiro atoms. The number of hydrogen-bond donors (Lipinski definition) is 0. The first-order chi connectivity index (χ1) is 7.26. The molecule has 0 saturated heterocycles. The summed E-state index contributed by atoms with van der Waals surface area (Å²) in [7, 11) is 1.59. The minimum Gasteiger partial charge on any atom is -0.497 e. The first-order valence-electron chi connectivity index (χ1n) is 4.65. The number of ether oxygens (including phenoxy) is 1. The molecule has 0 unspecified atom stereocenters. The maximum atomic E-state index is 13.4. The molecular formula is C13H11FO. The van der Waals surface area contributed by atoms with Gasteiger partial charge in [-0.2, -0.15) is 0 Å². The van der Waals surface area contributed by atoms with Gasteiger partial charge < -0.3 is 4.74 Å². The van der Waals surface area contributed by atoms with Gasteiger partial charge in [0.1, 0.15) is 11.6 Å². The number of methoxy groups -OCH3 is 1. The van der Waals surface area contributed by atoms with Crippen molar-refractivity contribution in [2.24, 2.45) is 0 Å². The Morgan fingerprint density at radius 3 is 2.67 bits per heavy atom. The van der Waals surface area contributed by atoms with Gasteiger partial charge in [0.15, 0.2) is 0 Å². The van der Waals surface area contributed by atoms with E-state index in [2.05, 4.69) is 6.58 Å². The van der Waals surface area contributed by atoms with Crippen LogP contribution in [0.3, 0.4) is 0 Å². The third-order valence-corrected chi connectivity index (χ3v) is 2.42. The van der Waals surface area contributed by atoms with E-state index in [0.717, 1.165) is 16.5 Å². The van der Waals surface area contributed by atoms with Crippen molar-refractivity contribution < 1.29 is 9.13 Å². The van der Waals surface area contributed by atoms with E-state index in [1.807, 2.05) is 18.2 Å². The largest absolute Gasteiger partial charge is 0.497 e. The van der Waals surface area contributed by atoms with Gasteiger partial charge in [-0.3, -0.25) is 0 Å². The second kappa shape index (κ2) is 3.73. The van der Waals surface area contributed by atoms with Crippen LogP contribution < -0.4 is 4.74 Å². The maximum absolute atomic E-state index is 13.4. The molecule has 0 saturated carbocycles. The van der Waals surface area contributed by atoms with Crippen LogP contribution in [0.25, 0.3) is 16.8 Å². The molecule has 0 N–H and O–H groups in total. The minimum absolute atomic E-state index is 0.259. The van der Waals surface area contributed by atoms with Gasteiger partial charge in [-0.05, 0) is 29.0 Å². The molecular weight excluding hydrogens is 191 g/mol. The van der Waals surface area contributed by atoms with Crippen molar-refractivity contribution in [3.8, 4) is 5.75 Å². The van der Waals surface area contributed by atoms with Crippen molar-refractivity contribution in [2.75, 3.05) is 7.11 Å². The molecule has 0 atom stereocenters. The van der Waals surface area contributed by atoms with Gasteiger partial charge in [-0.15, -0.1) is 0 Å². The normalized spacial score (nSPS) is 10.3. The van der Waals surface area contributed by atoms with Gasteiger partial charge in [0.05, 0.1) is 7.11 Å². The zero-order valence-electron chi connectivity index (χ0n) is 8.46. The monoisotopic (exact) mass is 202 g/mol. The van der Waals surface area contributed by atoms with E-state index in [1.165, 1.54) is 12.1 Å². The van der Waals surface area contributed by atoms with Crippen LogP contribution in [0.1, 0.15) is 5.56 Å². The summed E-state index contributed by atoms with van der Waals surface area (Å²) in [5, 5.41) is 1.80. The average Bonchev–Trinajstić information content (AvgIpc) is 2.28. The number of fused-ring (bicyclic) bond motifs is 1. The summed E-state index contributed by atoms with van der Waals surface area (Å²) in [5.41, 5.74) is 0.520. The third-order valence-electron chi connectivity index (χ3n) is 2.42. The van der Waals surface area contributed by atoms with Crippen molar-refractivity contribution in [2.45, 2.75) is 0 Å². The molecule has 0 radical (unpaired) electrons. The molecule has 76 valence electrons. The van der Waals surface area contributed by atoms with E-state index in [9.17, 15) is 4.39 Å². The van der Waals surface area contributed by atoms with E-state index in [0.29, 0.717) is 5.56 Å². The molecule has 0 aliphatic rings. The third kappa shape index (κ3) is 1.59. The van der Waals surface area contributed by atoms with Crippen LogP contribution in [-0.4, -0.2) is 7.11 Å². The molecule has 0 aliphatic carbocycles. The summed E-state index contributed by atoms with van der Waals surface area (Å²) >= 11 is 0. The standard InChI is InChI=1S/C13H11FO/c1-3-11-12-8-10(15-2)6-4-9(12)5-7-13(11)14/h3-8H,1H2,2H3. The summed E-state index contributed by atoms with van der Waals surface area (Å²) < 4.78 is 18.5. The molecule has 2 aromatic rings. The number of halogens is 1. The van der Waals surface area contributed by atoms with Crippen LogP contribution >= 0.6 is 0 Å². The average molecular weight is 202 g/mol. The first-order valence-corrected chi connectivity index (χ1v) is 4.65. The van der Waals surface area contributed by atoms with Crippen LogP contribution in [0.5, 0.6) is 5.75 Å². The SMILES string of the molecule is C=Cc1c(F)ccc2ccc(OC)cc12. The summed E-state index contributed by atoms with van der Waals surface area (Å²) in [4.78, 5) is 0. The van der Waals surface area contributed by atoms with Gasteiger partial charge in [-0.1, -0.05) is 24.8 Å². The molecule has 15 heavy (non-hydrogen) atoms. The smallest absolute Gasteiger partial charge is 0.131 e. The van der Waals surface area contributed by atoms with Gasteiger partial charge in [0, 0.05) is 5.56 Å². The summed E-state index contributed by atoms with van der Waals surface area (Å²) in [6.07, 6.45) is 1.52. The second-order valence-electron chi connectivity index (χ2n) is 3.25. The lowest BCUT2D eigenvalue weighted by molar-refractivity contribution is 0.415. The van der Waals surface area contributed by atoms with Crippen LogP contribution in [0.15, 0.2) is 36.9 Å². The number of rotatable bonds is 2. The Balaban J connectivity index is 2.81. The van der Waals surface area contributed by atoms with Crippen LogP contribution in [0.4, 0.5) is 4.39 Å². The first kappa shape index (κ1) is 9.71. The molecule has 0 bridgehead atoms. The highest BCUT2D eigenvalue weighted by Crippen LogP contribution is 2.26. The molecule has 0 amide bonds. The summed E-state index contributed by atoms with van der Waals surface area (Å²) in [6, 6.07) is 8.77. The number of benzene rings is 2. The lowest BCUT2D eigenvalue weighted by atomic mass is 10.0. The Morgan fingerprint density at radius 1 is 1.27 bits per heavy atom. The number of hydrogen-bond acceptors (Lipinski definition) is 1. The van der Waals surface area contributed by atoms with Crippen LogP contribution in [0, 0.1) is 5.82 Å². The molecule has 0 heterocycles. The zero-order valence-corrected chi connectivity index (χ0v) is 8.46. The van der Waals surface area contributed by atoms with Crippen LogP contribution in [0.2, 0.25) is 0 Å². The quantitative estimate of drug-likeness (QED) is 0.722. The highest BCUT2D eigenvalue weighted by atomic mass is 19.1. The van der Waals surface area contributed by atoms with E-state index in [1.54, 1.807) is 13.2 Å². The Hall–Kier alpha value is -1.83. The zero-order chi connectivity index (χ0) is 10.8. The van der Waals surface area contributed by atoms with E-state index in [4.69, 9.17) is 4.74 Å². The second-order valence-corrected chi connectivity index (χ2v) is 3.25. The topological polar surface area (TPSA) is 9.23 Å². The van der Waals surface area contributed by atoms with Gasteiger partial charge >= 0.3 is 0 Å².